The van der Waals surface area contributed by atoms with Crippen LogP contribution in [0.1, 0.15) is 20.3 Å². The molecular weight excluding hydrogens is 2920 g/mol. The number of hydrogen-bond donors (Lipinski definition) is 1. The van der Waals surface area contributed by atoms with Crippen LogP contribution in [0.4, 0.5) is 0 Å². The Balaban J connectivity index is -0.0000000263. The predicted octanol–water partition coefficient (Wildman–Crippen LogP) is 48.7. The van der Waals surface area contributed by atoms with Gasteiger partial charge >= 0.3 is 0 Å². The molecule has 0 aromatic carbocycles. The van der Waals surface area contributed by atoms with Gasteiger partial charge in [-0.15, -0.1) is 0 Å². The van der Waals surface area contributed by atoms with E-state index >= 15 is 0 Å². The van der Waals surface area contributed by atoms with Crippen molar-refractivity contribution in [1.82, 2.24) is 0 Å². The lowest BCUT2D eigenvalue weighted by atomic mass is 10.2. The molecule has 0 fully saturated rings. The van der Waals surface area contributed by atoms with Crippen LogP contribution in [0.15, 0.2) is 0 Å². The lowest BCUT2D eigenvalue weighted by Crippen LogP contribution is -1.89. The van der Waals surface area contributed by atoms with Crippen molar-refractivity contribution >= 4 is 835 Å². The minimum Gasteiger partial charge on any atom is -0.396 e. The molecule has 102 heavy (non-hydrogen) atoms. The van der Waals surface area contributed by atoms with Crippen LogP contribution < -0.4 is 0 Å². The van der Waals surface area contributed by atoms with E-state index in [9.17, 15) is 0 Å². The molecule has 0 amide bonds. The molecule has 0 aliphatic carbocycles. The number of hydrogen-bond acceptors (Lipinski definition) is 1. The minimum atomic E-state index is -0.750. The third-order valence-corrected chi connectivity index (χ3v) is 0.706. The first-order valence-corrected chi connectivity index (χ1v) is 49.5. The smallest absolute Gasteiger partial charge is 0.180 e. The Hall–Kier alpha value is 20.8. The zero-order valence-electron chi connectivity index (χ0n) is 45.5. The Morgan fingerprint density at radius 2 is 0.147 bits per heavy atom. The van der Waals surface area contributed by atoms with E-state index < -0.39 is 103 Å². The first kappa shape index (κ1) is 190. The molecule has 0 aliphatic heterocycles. The van der Waals surface area contributed by atoms with Gasteiger partial charge in [0, 0.05) is 6.61 Å². The summed E-state index contributed by atoms with van der Waals surface area (Å²) in [5.41, 5.74) is 0. The summed E-state index contributed by atoms with van der Waals surface area (Å²) in [7, 11) is 0. The molecule has 73 heteroatoms. The average molecular weight is 2950 g/mol. The third kappa shape index (κ3) is 3050. The highest BCUT2D eigenvalue weighted by Gasteiger charge is 1.89. The third-order valence-electron chi connectivity index (χ3n) is 0.706. The molecule has 0 heterocycles. The minimum absolute atomic E-state index is 0.331. The van der Waals surface area contributed by atoms with E-state index in [0.717, 1.165) is 6.42 Å². The molecule has 1 N–H and O–H groups in total. The fraction of sp³-hybridized carbons (Fsp3) is 1.00. The van der Waals surface area contributed by atoms with Crippen molar-refractivity contribution in [3.05, 3.63) is 0 Å². The standard InChI is InChI=1S/C5H12O.24CHCl3/c1-5(2)3-4-6;24*2-1(3)4/h5-6H,3-4H2,1-2H3;24*1H. The van der Waals surface area contributed by atoms with Crippen LogP contribution in [0.5, 0.6) is 0 Å². The zero-order valence-corrected chi connectivity index (χ0v) is 99.9. The van der Waals surface area contributed by atoms with Gasteiger partial charge in [0.2, 0.25) is 0 Å². The summed E-state index contributed by atoms with van der Waals surface area (Å²) in [6.07, 6.45) is 0.931. The van der Waals surface area contributed by atoms with Crippen molar-refractivity contribution in [2.24, 2.45) is 5.92 Å². The second-order valence-electron chi connectivity index (χ2n) is 7.84. The number of alkyl halides is 72. The summed E-state index contributed by atoms with van der Waals surface area (Å²) in [5, 5.41) is 8.24. The van der Waals surface area contributed by atoms with Gasteiger partial charge in [0.15, 0.2) is 103 Å². The highest BCUT2D eigenvalue weighted by atomic mass is 35.7. The summed E-state index contributed by atoms with van der Waals surface area (Å²) < 4.78 is -18.0. The van der Waals surface area contributed by atoms with Gasteiger partial charge in [0.05, 0.1) is 0 Å². The molecule has 0 aromatic rings. The zero-order chi connectivity index (χ0) is 90.8. The van der Waals surface area contributed by atoms with Crippen LogP contribution in [0.3, 0.4) is 0 Å². The number of rotatable bonds is 2. The molecule has 0 spiro atoms. The fourth-order valence-electron chi connectivity index (χ4n) is 0.258. The first-order valence-electron chi connectivity index (χ1n) is 18.1. The maximum Gasteiger partial charge on any atom is 0.180 e. The summed E-state index contributed by atoms with van der Waals surface area (Å²) in [6.45, 7) is 4.52. The molecule has 0 bridgehead atoms. The molecular formula is C29H36Cl72O. The summed E-state index contributed by atoms with van der Waals surface area (Å²) in [6, 6.07) is 0. The monoisotopic (exact) mass is 2920 g/mol. The number of aliphatic hydroxyl groups excluding tert-OH is 1. The van der Waals surface area contributed by atoms with Gasteiger partial charge in [-0.2, -0.15) is 0 Å². The van der Waals surface area contributed by atoms with E-state index in [1.165, 1.54) is 0 Å². The highest BCUT2D eigenvalue weighted by Crippen LogP contribution is 2.13. The van der Waals surface area contributed by atoms with Crippen LogP contribution in [0.2, 0.25) is 0 Å². The maximum atomic E-state index is 8.24. The summed E-state index contributed by atoms with van der Waals surface area (Å²) >= 11 is 346. The Kier molecular flexibility index (Phi) is 347. The van der Waals surface area contributed by atoms with E-state index in [1.54, 1.807) is 0 Å². The summed E-state index contributed by atoms with van der Waals surface area (Å²) in [4.78, 5) is 0. The van der Waals surface area contributed by atoms with Crippen molar-refractivity contribution in [3.63, 3.8) is 0 Å². The molecule has 0 aromatic heterocycles. The van der Waals surface area contributed by atoms with Crippen molar-refractivity contribution in [1.29, 1.82) is 0 Å². The molecule has 0 saturated carbocycles. The molecule has 662 valence electrons. The van der Waals surface area contributed by atoms with Crippen molar-refractivity contribution in [2.75, 3.05) is 6.61 Å². The lowest BCUT2D eigenvalue weighted by Gasteiger charge is -1.95. The quantitative estimate of drug-likeness (QED) is 0.273. The second kappa shape index (κ2) is 186. The van der Waals surface area contributed by atoms with Crippen LogP contribution in [-0.4, -0.2) is 115 Å². The van der Waals surface area contributed by atoms with E-state index in [1.807, 2.05) is 0 Å². The van der Waals surface area contributed by atoms with Crippen LogP contribution in [0, 0.1) is 5.92 Å². The molecule has 0 saturated heterocycles. The molecule has 0 aliphatic rings. The number of halogens is 72. The van der Waals surface area contributed by atoms with Crippen molar-refractivity contribution in [2.45, 2.75) is 123 Å². The van der Waals surface area contributed by atoms with Crippen molar-refractivity contribution in [3.8, 4) is 0 Å². The lowest BCUT2D eigenvalue weighted by molar-refractivity contribution is 0.268. The van der Waals surface area contributed by atoms with Gasteiger partial charge < -0.3 is 5.11 Å². The van der Waals surface area contributed by atoms with Crippen LogP contribution in [-0.2, 0) is 0 Å². The largest absolute Gasteiger partial charge is 0.396 e. The average Bonchev–Trinajstić information content (AvgIpc) is 3.51. The van der Waals surface area contributed by atoms with Gasteiger partial charge in [-0.05, 0) is 12.3 Å². The van der Waals surface area contributed by atoms with E-state index in [-0.39, 0.29) is 0 Å². The van der Waals surface area contributed by atoms with Gasteiger partial charge in [-0.25, -0.2) is 0 Å². The Labute approximate surface area is 958 Å². The maximum absolute atomic E-state index is 8.24. The van der Waals surface area contributed by atoms with Gasteiger partial charge in [-0.3, -0.25) is 0 Å². The predicted molar refractivity (Wildman–Crippen MR) is 539 cm³/mol. The Morgan fingerprint density at radius 1 is 0.118 bits per heavy atom. The van der Waals surface area contributed by atoms with Gasteiger partial charge in [0.1, 0.15) is 0 Å². The molecule has 0 atom stereocenters. The number of aliphatic hydroxyl groups is 1. The van der Waals surface area contributed by atoms with E-state index in [2.05, 4.69) is 13.8 Å². The highest BCUT2D eigenvalue weighted by molar-refractivity contribution is 6.72. The van der Waals surface area contributed by atoms with Gasteiger partial charge in [0.25, 0.3) is 0 Å². The topological polar surface area (TPSA) is 20.2 Å². The van der Waals surface area contributed by atoms with Crippen molar-refractivity contribution < 1.29 is 5.11 Å². The van der Waals surface area contributed by atoms with E-state index in [4.69, 9.17) is 840 Å². The Bertz CT molecular complexity index is 614. The van der Waals surface area contributed by atoms with Crippen LogP contribution in [0.25, 0.3) is 0 Å². The van der Waals surface area contributed by atoms with E-state index in [0.29, 0.717) is 12.5 Å². The normalized spacial score (nSPS) is 9.06. The molecule has 1 nitrogen and oxygen atoms in total. The first-order chi connectivity index (χ1) is 44.3. The van der Waals surface area contributed by atoms with Crippen LogP contribution >= 0.6 is 835 Å². The summed E-state index contributed by atoms with van der Waals surface area (Å²) in [5.74, 6) is 0.648. The molecule has 0 radical (unpaired) electrons. The Morgan fingerprint density at radius 3 is 0.147 bits per heavy atom. The molecule has 0 rings (SSSR count). The molecule has 0 unspecified atom stereocenters. The van der Waals surface area contributed by atoms with Gasteiger partial charge in [-0.1, -0.05) is 849 Å². The second-order valence-corrected chi connectivity index (χ2v) is 55.4. The fourth-order valence-corrected chi connectivity index (χ4v) is 0.258. The SMILES string of the molecule is CC(C)CCO.ClC(Cl)Cl.ClC(Cl)Cl.ClC(Cl)Cl.ClC(Cl)Cl.ClC(Cl)Cl.ClC(Cl)Cl.ClC(Cl)Cl.ClC(Cl)Cl.ClC(Cl)Cl.ClC(Cl)Cl.ClC(Cl)Cl.ClC(Cl)Cl.ClC(Cl)Cl.ClC(Cl)Cl.ClC(Cl)Cl.ClC(Cl)Cl.ClC(Cl)Cl.ClC(Cl)Cl.ClC(Cl)Cl.ClC(Cl)Cl.ClC(Cl)Cl.ClC(Cl)Cl.ClC(Cl)Cl.ClC(Cl)Cl.